The van der Waals surface area contributed by atoms with Gasteiger partial charge in [0, 0.05) is 24.8 Å². The van der Waals surface area contributed by atoms with Gasteiger partial charge in [0.15, 0.2) is 0 Å². The maximum atomic E-state index is 12.9. The number of nitrogens with one attached hydrogen (secondary N) is 1. The van der Waals surface area contributed by atoms with Gasteiger partial charge < -0.3 is 10.2 Å². The van der Waals surface area contributed by atoms with Crippen LogP contribution >= 0.6 is 0 Å². The van der Waals surface area contributed by atoms with Crippen molar-refractivity contribution in [1.82, 2.24) is 5.32 Å². The van der Waals surface area contributed by atoms with Crippen molar-refractivity contribution in [2.45, 2.75) is 25.7 Å². The van der Waals surface area contributed by atoms with Gasteiger partial charge in [-0.25, -0.2) is 4.39 Å². The Morgan fingerprint density at radius 3 is 2.52 bits per heavy atom. The molecule has 5 heteroatoms. The van der Waals surface area contributed by atoms with Crippen LogP contribution in [0.2, 0.25) is 0 Å². The molecule has 3 rings (SSSR count). The van der Waals surface area contributed by atoms with Gasteiger partial charge in [-0.15, -0.1) is 0 Å². The average molecular weight is 340 g/mol. The first-order chi connectivity index (χ1) is 11.8. The lowest BCUT2D eigenvalue weighted by molar-refractivity contribution is -0.121. The van der Waals surface area contributed by atoms with Crippen LogP contribution in [0.3, 0.4) is 0 Å². The van der Waals surface area contributed by atoms with Crippen LogP contribution in [0.25, 0.3) is 0 Å². The fourth-order valence-electron chi connectivity index (χ4n) is 3.19. The molecule has 0 aliphatic carbocycles. The summed E-state index contributed by atoms with van der Waals surface area (Å²) in [5, 5.41) is 2.87. The van der Waals surface area contributed by atoms with E-state index < -0.39 is 5.41 Å². The van der Waals surface area contributed by atoms with E-state index in [1.165, 1.54) is 12.1 Å². The molecule has 4 nitrogen and oxygen atoms in total. The van der Waals surface area contributed by atoms with E-state index in [0.717, 1.165) is 16.8 Å². The molecule has 0 saturated heterocycles. The summed E-state index contributed by atoms with van der Waals surface area (Å²) < 4.78 is 12.9. The number of hydrogen-bond acceptors (Lipinski definition) is 2. The summed E-state index contributed by atoms with van der Waals surface area (Å²) in [5.41, 5.74) is 2.58. The largest absolute Gasteiger partial charge is 0.352 e. The first-order valence-electron chi connectivity index (χ1n) is 8.26. The van der Waals surface area contributed by atoms with Crippen molar-refractivity contribution in [2.75, 3.05) is 18.5 Å². The average Bonchev–Trinajstić information content (AvgIpc) is 2.77. The Hall–Kier alpha value is -2.69. The maximum absolute atomic E-state index is 12.9. The van der Waals surface area contributed by atoms with Crippen LogP contribution < -0.4 is 10.2 Å². The van der Waals surface area contributed by atoms with Crippen LogP contribution in [0.15, 0.2) is 42.5 Å². The number of fused-ring (bicyclic) bond motifs is 1. The first kappa shape index (κ1) is 17.1. The second kappa shape index (κ2) is 6.31. The van der Waals surface area contributed by atoms with Gasteiger partial charge in [0.1, 0.15) is 5.82 Å². The van der Waals surface area contributed by atoms with Gasteiger partial charge in [0.2, 0.25) is 5.91 Å². The van der Waals surface area contributed by atoms with Crippen LogP contribution in [0.5, 0.6) is 0 Å². The highest BCUT2D eigenvalue weighted by molar-refractivity contribution is 6.08. The second-order valence-corrected chi connectivity index (χ2v) is 6.85. The zero-order valence-corrected chi connectivity index (χ0v) is 14.6. The molecule has 1 aliphatic rings. The quantitative estimate of drug-likeness (QED) is 0.930. The predicted octanol–water partition coefficient (Wildman–Crippen LogP) is 3.05. The molecule has 2 aromatic rings. The second-order valence-electron chi connectivity index (χ2n) is 6.85. The molecule has 1 N–H and O–H groups in total. The Balaban J connectivity index is 1.68. The number of likely N-dealkylation sites (N-methyl/N-ethyl adjacent to an activating group) is 1. The molecule has 0 aromatic heterocycles. The Bertz CT molecular complexity index is 828. The highest BCUT2D eigenvalue weighted by Gasteiger charge is 2.42. The number of hydrogen-bond donors (Lipinski definition) is 1. The van der Waals surface area contributed by atoms with Crippen LogP contribution in [0.1, 0.15) is 35.3 Å². The lowest BCUT2D eigenvalue weighted by Crippen LogP contribution is -2.33. The van der Waals surface area contributed by atoms with E-state index in [0.29, 0.717) is 18.5 Å². The van der Waals surface area contributed by atoms with Crippen molar-refractivity contribution in [3.05, 3.63) is 65.0 Å². The van der Waals surface area contributed by atoms with Gasteiger partial charge in [0.25, 0.3) is 5.91 Å². The number of rotatable bonds is 4. The van der Waals surface area contributed by atoms with Crippen LogP contribution in [-0.2, 0) is 16.6 Å². The topological polar surface area (TPSA) is 49.4 Å². The van der Waals surface area contributed by atoms with E-state index >= 15 is 0 Å². The molecule has 25 heavy (non-hydrogen) atoms. The maximum Gasteiger partial charge on any atom is 0.251 e. The van der Waals surface area contributed by atoms with Gasteiger partial charge >= 0.3 is 0 Å². The zero-order valence-electron chi connectivity index (χ0n) is 14.6. The molecule has 0 unspecified atom stereocenters. The number of carbonyl (C=O) groups excluding carboxylic acids is 2. The third-order valence-electron chi connectivity index (χ3n) is 4.75. The van der Waals surface area contributed by atoms with Gasteiger partial charge in [-0.05, 0) is 61.7 Å². The van der Waals surface area contributed by atoms with E-state index in [-0.39, 0.29) is 17.6 Å². The number of benzene rings is 2. The van der Waals surface area contributed by atoms with E-state index in [1.54, 1.807) is 36.2 Å². The Morgan fingerprint density at radius 1 is 1.16 bits per heavy atom. The first-order valence-corrected chi connectivity index (χ1v) is 8.26. The van der Waals surface area contributed by atoms with Crippen LogP contribution in [0.4, 0.5) is 10.1 Å². The molecule has 2 amide bonds. The van der Waals surface area contributed by atoms with Crippen LogP contribution in [-0.4, -0.2) is 25.4 Å². The summed E-state index contributed by atoms with van der Waals surface area (Å²) >= 11 is 0. The number of carbonyl (C=O) groups is 2. The third kappa shape index (κ3) is 3.14. The summed E-state index contributed by atoms with van der Waals surface area (Å²) in [4.78, 5) is 26.3. The summed E-state index contributed by atoms with van der Waals surface area (Å²) in [7, 11) is 1.75. The minimum atomic E-state index is -0.630. The summed E-state index contributed by atoms with van der Waals surface area (Å²) in [6.07, 6.45) is 0.629. The van der Waals surface area contributed by atoms with E-state index in [1.807, 2.05) is 19.9 Å². The molecule has 1 heterocycles. The molecule has 2 aromatic carbocycles. The summed E-state index contributed by atoms with van der Waals surface area (Å²) in [5.74, 6) is -0.424. The highest BCUT2D eigenvalue weighted by Crippen LogP contribution is 2.40. The Morgan fingerprint density at radius 2 is 1.84 bits per heavy atom. The summed E-state index contributed by atoms with van der Waals surface area (Å²) in [6.45, 7) is 4.20. The lowest BCUT2D eigenvalue weighted by Gasteiger charge is -2.16. The van der Waals surface area contributed by atoms with Gasteiger partial charge in [-0.2, -0.15) is 0 Å². The smallest absolute Gasteiger partial charge is 0.251 e. The lowest BCUT2D eigenvalue weighted by atomic mass is 9.85. The Labute approximate surface area is 146 Å². The van der Waals surface area contributed by atoms with Gasteiger partial charge in [-0.3, -0.25) is 9.59 Å². The van der Waals surface area contributed by atoms with Gasteiger partial charge in [0.05, 0.1) is 5.41 Å². The highest BCUT2D eigenvalue weighted by atomic mass is 19.1. The monoisotopic (exact) mass is 340 g/mol. The minimum Gasteiger partial charge on any atom is -0.352 e. The van der Waals surface area contributed by atoms with Crippen molar-refractivity contribution in [3.8, 4) is 0 Å². The number of nitrogens with zero attached hydrogens (tertiary/aromatic N) is 1. The fraction of sp³-hybridized carbons (Fsp3) is 0.300. The van der Waals surface area contributed by atoms with Crippen LogP contribution in [0, 0.1) is 5.82 Å². The molecular formula is C20H21FN2O2. The van der Waals surface area contributed by atoms with Crippen molar-refractivity contribution < 1.29 is 14.0 Å². The number of anilines is 1. The molecular weight excluding hydrogens is 319 g/mol. The zero-order chi connectivity index (χ0) is 18.2. The van der Waals surface area contributed by atoms with Crippen molar-refractivity contribution in [1.29, 1.82) is 0 Å². The van der Waals surface area contributed by atoms with Gasteiger partial charge in [-0.1, -0.05) is 12.1 Å². The number of halogens is 1. The molecule has 0 spiro atoms. The standard InChI is InChI=1S/C20H21FN2O2/c1-20(2)16-12-14(6-9-17(16)23(3)19(20)25)18(24)22-11-10-13-4-7-15(21)8-5-13/h4-9,12H,10-11H2,1-3H3,(H,22,24). The molecule has 130 valence electrons. The van der Waals surface area contributed by atoms with E-state index in [9.17, 15) is 14.0 Å². The van der Waals surface area contributed by atoms with Crippen molar-refractivity contribution in [3.63, 3.8) is 0 Å². The molecule has 0 fully saturated rings. The van der Waals surface area contributed by atoms with E-state index in [4.69, 9.17) is 0 Å². The normalized spacial score (nSPS) is 15.2. The summed E-state index contributed by atoms with van der Waals surface area (Å²) in [6, 6.07) is 11.6. The fourth-order valence-corrected chi connectivity index (χ4v) is 3.19. The van der Waals surface area contributed by atoms with E-state index in [2.05, 4.69) is 5.32 Å². The Kier molecular flexibility index (Phi) is 4.33. The molecule has 0 bridgehead atoms. The van der Waals surface area contributed by atoms with Crippen molar-refractivity contribution in [2.24, 2.45) is 0 Å². The molecule has 0 saturated carbocycles. The number of amides is 2. The predicted molar refractivity (Wildman–Crippen MR) is 95.3 cm³/mol. The minimum absolute atomic E-state index is 0.0244. The molecule has 0 atom stereocenters. The molecule has 1 aliphatic heterocycles. The third-order valence-corrected chi connectivity index (χ3v) is 4.75. The van der Waals surface area contributed by atoms with Crippen molar-refractivity contribution >= 4 is 17.5 Å². The molecule has 0 radical (unpaired) electrons. The SMILES string of the molecule is CN1C(=O)C(C)(C)c2cc(C(=O)NCCc3ccc(F)cc3)ccc21.